The van der Waals surface area contributed by atoms with Crippen LogP contribution in [0.3, 0.4) is 0 Å². The summed E-state index contributed by atoms with van der Waals surface area (Å²) in [5.41, 5.74) is 3.67. The van der Waals surface area contributed by atoms with Crippen LogP contribution in [0.1, 0.15) is 30.5 Å². The van der Waals surface area contributed by atoms with E-state index in [0.29, 0.717) is 19.8 Å². The Bertz CT molecular complexity index is 845. The number of halogens is 1. The van der Waals surface area contributed by atoms with E-state index >= 15 is 0 Å². The number of aliphatic imine (C=N–C) groups is 1. The van der Waals surface area contributed by atoms with E-state index in [9.17, 15) is 4.39 Å². The Balaban J connectivity index is 1.66. The Kier molecular flexibility index (Phi) is 4.59. The number of pyridine rings is 1. The molecule has 6 heteroatoms. The lowest BCUT2D eigenvalue weighted by atomic mass is 10.00. The molecule has 4 rings (SSSR count). The van der Waals surface area contributed by atoms with Crippen molar-refractivity contribution in [2.75, 3.05) is 31.2 Å². The van der Waals surface area contributed by atoms with Gasteiger partial charge in [0.1, 0.15) is 5.82 Å². The summed E-state index contributed by atoms with van der Waals surface area (Å²) in [6, 6.07) is 7.30. The van der Waals surface area contributed by atoms with Crippen molar-refractivity contribution in [3.05, 3.63) is 53.0 Å². The molecule has 0 saturated carbocycles. The third-order valence-corrected chi connectivity index (χ3v) is 4.54. The Morgan fingerprint density at radius 1 is 1.19 bits per heavy atom. The second-order valence-electron chi connectivity index (χ2n) is 6.77. The van der Waals surface area contributed by atoms with Crippen LogP contribution in [0, 0.1) is 5.82 Å². The highest BCUT2D eigenvalue weighted by Gasteiger charge is 2.22. The van der Waals surface area contributed by atoms with Crippen molar-refractivity contribution in [2.45, 2.75) is 26.5 Å². The minimum absolute atomic E-state index is 0.0850. The van der Waals surface area contributed by atoms with Crippen molar-refractivity contribution < 1.29 is 13.9 Å². The standard InChI is InChI=1S/C20H22FN3O2/c1-13(2)26-18-11-16-15(9-17(18)21)12-23-20(16)14-3-4-22-19(10-14)24-5-7-25-8-6-24/h3-4,9-11,13H,5-8,12H2,1-2H3. The Morgan fingerprint density at radius 3 is 2.77 bits per heavy atom. The van der Waals surface area contributed by atoms with Gasteiger partial charge in [-0.05, 0) is 43.7 Å². The van der Waals surface area contributed by atoms with E-state index in [-0.39, 0.29) is 17.7 Å². The molecule has 1 saturated heterocycles. The summed E-state index contributed by atoms with van der Waals surface area (Å²) in [5.74, 6) is 0.858. The average Bonchev–Trinajstić information content (AvgIpc) is 3.05. The number of aromatic nitrogens is 1. The largest absolute Gasteiger partial charge is 0.488 e. The summed E-state index contributed by atoms with van der Waals surface area (Å²) < 4.78 is 25.3. The number of rotatable bonds is 4. The first kappa shape index (κ1) is 17.0. The smallest absolute Gasteiger partial charge is 0.165 e. The normalized spacial score (nSPS) is 16.6. The van der Waals surface area contributed by atoms with Gasteiger partial charge >= 0.3 is 0 Å². The number of anilines is 1. The zero-order chi connectivity index (χ0) is 18.1. The van der Waals surface area contributed by atoms with Crippen molar-refractivity contribution >= 4 is 11.5 Å². The minimum Gasteiger partial charge on any atom is -0.488 e. The van der Waals surface area contributed by atoms with Gasteiger partial charge in [0, 0.05) is 30.4 Å². The highest BCUT2D eigenvalue weighted by atomic mass is 19.1. The van der Waals surface area contributed by atoms with Crippen molar-refractivity contribution in [3.63, 3.8) is 0 Å². The summed E-state index contributed by atoms with van der Waals surface area (Å²) in [5, 5.41) is 0. The molecule has 0 atom stereocenters. The van der Waals surface area contributed by atoms with Crippen LogP contribution >= 0.6 is 0 Å². The molecule has 5 nitrogen and oxygen atoms in total. The van der Waals surface area contributed by atoms with Crippen molar-refractivity contribution in [1.29, 1.82) is 0 Å². The van der Waals surface area contributed by atoms with Gasteiger partial charge in [-0.25, -0.2) is 9.37 Å². The van der Waals surface area contributed by atoms with Crippen LogP contribution in [0.5, 0.6) is 5.75 Å². The lowest BCUT2D eigenvalue weighted by Gasteiger charge is -2.28. The number of morpholine rings is 1. The number of benzene rings is 1. The Morgan fingerprint density at radius 2 is 2.00 bits per heavy atom. The fraction of sp³-hybridized carbons (Fsp3) is 0.400. The maximum absolute atomic E-state index is 14.2. The molecule has 136 valence electrons. The first-order chi connectivity index (χ1) is 12.6. The zero-order valence-electron chi connectivity index (χ0n) is 15.0. The van der Waals surface area contributed by atoms with Crippen molar-refractivity contribution in [2.24, 2.45) is 4.99 Å². The van der Waals surface area contributed by atoms with Crippen LogP contribution < -0.4 is 9.64 Å². The van der Waals surface area contributed by atoms with Crippen LogP contribution in [0.25, 0.3) is 0 Å². The third kappa shape index (κ3) is 3.29. The molecule has 0 N–H and O–H groups in total. The molecule has 0 unspecified atom stereocenters. The number of fused-ring (bicyclic) bond motifs is 1. The van der Waals surface area contributed by atoms with Gasteiger partial charge in [-0.1, -0.05) is 0 Å². The first-order valence-corrected chi connectivity index (χ1v) is 8.95. The van der Waals surface area contributed by atoms with Gasteiger partial charge in [-0.2, -0.15) is 0 Å². The molecule has 0 spiro atoms. The molecule has 0 bridgehead atoms. The highest BCUT2D eigenvalue weighted by molar-refractivity contribution is 6.15. The highest BCUT2D eigenvalue weighted by Crippen LogP contribution is 2.30. The summed E-state index contributed by atoms with van der Waals surface area (Å²) in [6.45, 7) is 7.35. The van der Waals surface area contributed by atoms with Crippen molar-refractivity contribution in [3.8, 4) is 5.75 Å². The average molecular weight is 355 g/mol. The fourth-order valence-electron chi connectivity index (χ4n) is 3.32. The zero-order valence-corrected chi connectivity index (χ0v) is 15.0. The van der Waals surface area contributed by atoms with Crippen LogP contribution in [-0.4, -0.2) is 43.1 Å². The van der Waals surface area contributed by atoms with Crippen molar-refractivity contribution in [1.82, 2.24) is 4.98 Å². The van der Waals surface area contributed by atoms with E-state index in [0.717, 1.165) is 41.3 Å². The molecule has 2 aliphatic rings. The van der Waals surface area contributed by atoms with E-state index in [1.165, 1.54) is 6.07 Å². The molecule has 2 aromatic rings. The van der Waals surface area contributed by atoms with Crippen LogP contribution in [0.15, 0.2) is 35.5 Å². The first-order valence-electron chi connectivity index (χ1n) is 8.95. The van der Waals surface area contributed by atoms with Crippen LogP contribution in [-0.2, 0) is 11.3 Å². The molecule has 1 fully saturated rings. The van der Waals surface area contributed by atoms with E-state index in [2.05, 4.69) is 14.9 Å². The molecule has 0 amide bonds. The molecule has 0 radical (unpaired) electrons. The number of hydrogen-bond acceptors (Lipinski definition) is 5. The van der Waals surface area contributed by atoms with Gasteiger partial charge in [-0.3, -0.25) is 4.99 Å². The lowest BCUT2D eigenvalue weighted by Crippen LogP contribution is -2.36. The minimum atomic E-state index is -0.336. The van der Waals surface area contributed by atoms with Gasteiger partial charge in [0.05, 0.1) is 31.6 Å². The second kappa shape index (κ2) is 7.03. The second-order valence-corrected chi connectivity index (χ2v) is 6.77. The lowest BCUT2D eigenvalue weighted by molar-refractivity contribution is 0.122. The van der Waals surface area contributed by atoms with Gasteiger partial charge in [0.25, 0.3) is 0 Å². The summed E-state index contributed by atoms with van der Waals surface area (Å²) in [7, 11) is 0. The summed E-state index contributed by atoms with van der Waals surface area (Å²) in [6.07, 6.45) is 1.72. The summed E-state index contributed by atoms with van der Waals surface area (Å²) >= 11 is 0. The third-order valence-electron chi connectivity index (χ3n) is 4.54. The molecule has 0 aliphatic carbocycles. The number of nitrogens with zero attached hydrogens (tertiary/aromatic N) is 3. The quantitative estimate of drug-likeness (QED) is 0.845. The molecular formula is C20H22FN3O2. The van der Waals surface area contributed by atoms with Gasteiger partial charge in [0.15, 0.2) is 11.6 Å². The predicted octanol–water partition coefficient (Wildman–Crippen LogP) is 3.20. The van der Waals surface area contributed by atoms with Gasteiger partial charge in [0.2, 0.25) is 0 Å². The fourth-order valence-corrected chi connectivity index (χ4v) is 3.32. The maximum atomic E-state index is 14.2. The van der Waals surface area contributed by atoms with E-state index in [1.54, 1.807) is 12.3 Å². The summed E-state index contributed by atoms with van der Waals surface area (Å²) in [4.78, 5) is 11.3. The van der Waals surface area contributed by atoms with E-state index in [4.69, 9.17) is 9.47 Å². The molecule has 2 aliphatic heterocycles. The van der Waals surface area contributed by atoms with Gasteiger partial charge in [-0.15, -0.1) is 0 Å². The topological polar surface area (TPSA) is 47.0 Å². The number of hydrogen-bond donors (Lipinski definition) is 0. The predicted molar refractivity (Wildman–Crippen MR) is 98.8 cm³/mol. The molecule has 1 aromatic heterocycles. The monoisotopic (exact) mass is 355 g/mol. The van der Waals surface area contributed by atoms with Crippen LogP contribution in [0.4, 0.5) is 10.2 Å². The molecule has 1 aromatic carbocycles. The van der Waals surface area contributed by atoms with E-state index < -0.39 is 0 Å². The molecular weight excluding hydrogens is 333 g/mol. The molecule has 26 heavy (non-hydrogen) atoms. The molecule has 3 heterocycles. The van der Waals surface area contributed by atoms with Gasteiger partial charge < -0.3 is 14.4 Å². The number of ether oxygens (including phenoxy) is 2. The Hall–Kier alpha value is -2.47. The SMILES string of the molecule is CC(C)Oc1cc2c(cc1F)CN=C2c1ccnc(N2CCOCC2)c1. The Labute approximate surface area is 152 Å². The van der Waals surface area contributed by atoms with E-state index in [1.807, 2.05) is 26.0 Å². The van der Waals surface area contributed by atoms with Crippen LogP contribution in [0.2, 0.25) is 0 Å². The maximum Gasteiger partial charge on any atom is 0.165 e.